The van der Waals surface area contributed by atoms with Crippen molar-refractivity contribution in [3.63, 3.8) is 0 Å². The molecule has 18 heavy (non-hydrogen) atoms. The van der Waals surface area contributed by atoms with Gasteiger partial charge in [0, 0.05) is 65.7 Å². The molecule has 0 aromatic rings. The standard InChI is InChI=1S/C8H12N2O6.2Na/c11-5(12)3-10-2-1-9-7(10)8(15)16-4-6(13)14;;/h6,13-14H,1-4H2,(H,11,12);;. The summed E-state index contributed by atoms with van der Waals surface area (Å²) in [6, 6.07) is 0. The summed E-state index contributed by atoms with van der Waals surface area (Å²) in [4.78, 5) is 26.8. The average molecular weight is 278 g/mol. The summed E-state index contributed by atoms with van der Waals surface area (Å²) in [5.74, 6) is -2.03. The maximum atomic E-state index is 11.3. The molecule has 0 aromatic carbocycles. The Labute approximate surface area is 148 Å². The number of rotatable bonds is 5. The number of carboxylic acid groups (broad SMARTS) is 1. The number of aliphatic carboxylic acids is 1. The third-order valence-corrected chi connectivity index (χ3v) is 1.80. The fourth-order valence-electron chi connectivity index (χ4n) is 1.21. The smallest absolute Gasteiger partial charge is 0.374 e. The zero-order chi connectivity index (χ0) is 12.1. The molecule has 1 rings (SSSR count). The number of aliphatic hydroxyl groups excluding tert-OH is 1. The number of esters is 1. The Morgan fingerprint density at radius 2 is 2.00 bits per heavy atom. The van der Waals surface area contributed by atoms with Crippen LogP contribution in [-0.4, -0.2) is 130 Å². The van der Waals surface area contributed by atoms with Gasteiger partial charge in [0.1, 0.15) is 13.2 Å². The summed E-state index contributed by atoms with van der Waals surface area (Å²) < 4.78 is 4.49. The second kappa shape index (κ2) is 10.2. The first-order valence-corrected chi connectivity index (χ1v) is 4.55. The molecule has 0 unspecified atom stereocenters. The van der Waals surface area contributed by atoms with Crippen LogP contribution in [0.2, 0.25) is 0 Å². The van der Waals surface area contributed by atoms with Gasteiger partial charge in [-0.3, -0.25) is 9.79 Å². The first-order valence-electron chi connectivity index (χ1n) is 4.55. The van der Waals surface area contributed by atoms with E-state index in [1.807, 2.05) is 0 Å². The monoisotopic (exact) mass is 278 g/mol. The van der Waals surface area contributed by atoms with Crippen LogP contribution < -0.4 is 0 Å². The summed E-state index contributed by atoms with van der Waals surface area (Å²) in [6.07, 6.45) is -1.75. The summed E-state index contributed by atoms with van der Waals surface area (Å²) in [5.41, 5.74) is 0. The van der Waals surface area contributed by atoms with E-state index < -0.39 is 24.8 Å². The predicted octanol–water partition coefficient (Wildman–Crippen LogP) is -3.12. The zero-order valence-corrected chi connectivity index (χ0v) is 14.4. The molecule has 10 heteroatoms. The number of aliphatic imine (C=N–C) groups is 1. The van der Waals surface area contributed by atoms with Gasteiger partial charge in [-0.2, -0.15) is 0 Å². The number of carbonyl (C=O) groups excluding carboxylic acids is 1. The van der Waals surface area contributed by atoms with Crippen molar-refractivity contribution in [2.45, 2.75) is 6.29 Å². The van der Waals surface area contributed by atoms with Crippen LogP contribution in [0.15, 0.2) is 4.99 Å². The topological polar surface area (TPSA) is 120 Å². The molecule has 92 valence electrons. The van der Waals surface area contributed by atoms with Gasteiger partial charge in [0.25, 0.3) is 0 Å². The van der Waals surface area contributed by atoms with E-state index in [0.29, 0.717) is 13.1 Å². The molecule has 0 amide bonds. The van der Waals surface area contributed by atoms with Gasteiger partial charge in [-0.15, -0.1) is 0 Å². The summed E-state index contributed by atoms with van der Waals surface area (Å²) in [6.45, 7) is -0.258. The second-order valence-corrected chi connectivity index (χ2v) is 3.10. The number of amidine groups is 1. The van der Waals surface area contributed by atoms with Gasteiger partial charge in [0.2, 0.25) is 5.84 Å². The van der Waals surface area contributed by atoms with Crippen molar-refractivity contribution in [3.8, 4) is 0 Å². The SMILES string of the molecule is O=C(O)CN1CCN=C1C(=O)OCC(O)O.[Na].[Na]. The third kappa shape index (κ3) is 7.05. The Morgan fingerprint density at radius 1 is 1.39 bits per heavy atom. The summed E-state index contributed by atoms with van der Waals surface area (Å²) >= 11 is 0. The van der Waals surface area contributed by atoms with Crippen molar-refractivity contribution in [2.75, 3.05) is 26.2 Å². The molecule has 0 bridgehead atoms. The van der Waals surface area contributed by atoms with Crippen molar-refractivity contribution in [1.29, 1.82) is 0 Å². The normalized spacial score (nSPS) is 13.5. The van der Waals surface area contributed by atoms with Crippen molar-refractivity contribution >= 4 is 76.9 Å². The first-order chi connectivity index (χ1) is 7.50. The van der Waals surface area contributed by atoms with Crippen molar-refractivity contribution in [3.05, 3.63) is 0 Å². The molecular formula is C8H12N2Na2O6. The van der Waals surface area contributed by atoms with E-state index in [9.17, 15) is 9.59 Å². The van der Waals surface area contributed by atoms with E-state index in [4.69, 9.17) is 15.3 Å². The molecule has 0 saturated heterocycles. The van der Waals surface area contributed by atoms with Crippen LogP contribution in [0.3, 0.4) is 0 Å². The fraction of sp³-hybridized carbons (Fsp3) is 0.625. The van der Waals surface area contributed by atoms with Gasteiger partial charge in [-0.1, -0.05) is 0 Å². The maximum absolute atomic E-state index is 11.3. The van der Waals surface area contributed by atoms with Gasteiger partial charge in [0.05, 0.1) is 6.54 Å². The van der Waals surface area contributed by atoms with Crippen LogP contribution in [0.5, 0.6) is 0 Å². The molecular weight excluding hydrogens is 266 g/mol. The van der Waals surface area contributed by atoms with Gasteiger partial charge < -0.3 is 25.0 Å². The minimum absolute atomic E-state index is 0. The van der Waals surface area contributed by atoms with E-state index in [1.165, 1.54) is 4.90 Å². The number of nitrogens with zero attached hydrogens (tertiary/aromatic N) is 2. The van der Waals surface area contributed by atoms with Gasteiger partial charge >= 0.3 is 11.9 Å². The number of carbonyl (C=O) groups is 2. The third-order valence-electron chi connectivity index (χ3n) is 1.80. The summed E-state index contributed by atoms with van der Waals surface area (Å²) in [5, 5.41) is 25.5. The number of hydrogen-bond donors (Lipinski definition) is 3. The molecule has 0 aromatic heterocycles. The van der Waals surface area contributed by atoms with Crippen molar-refractivity contribution in [2.24, 2.45) is 4.99 Å². The van der Waals surface area contributed by atoms with Crippen LogP contribution in [0.1, 0.15) is 0 Å². The molecule has 1 aliphatic heterocycles. The van der Waals surface area contributed by atoms with Crippen molar-refractivity contribution < 1.29 is 29.6 Å². The van der Waals surface area contributed by atoms with E-state index in [1.54, 1.807) is 0 Å². The summed E-state index contributed by atoms with van der Waals surface area (Å²) in [7, 11) is 0. The quantitative estimate of drug-likeness (QED) is 0.276. The average Bonchev–Trinajstić information content (AvgIpc) is 2.61. The Morgan fingerprint density at radius 3 is 2.50 bits per heavy atom. The Hall–Kier alpha value is 0.330. The molecule has 1 heterocycles. The molecule has 0 saturated carbocycles. The molecule has 1 aliphatic rings. The van der Waals surface area contributed by atoms with E-state index in [2.05, 4.69) is 9.73 Å². The maximum Gasteiger partial charge on any atom is 0.374 e. The largest absolute Gasteiger partial charge is 0.480 e. The van der Waals surface area contributed by atoms with Crippen LogP contribution in [0, 0.1) is 0 Å². The molecule has 0 aliphatic carbocycles. The molecule has 2 radical (unpaired) electrons. The second-order valence-electron chi connectivity index (χ2n) is 3.10. The van der Waals surface area contributed by atoms with E-state index in [0.717, 1.165) is 0 Å². The van der Waals surface area contributed by atoms with Crippen LogP contribution in [-0.2, 0) is 14.3 Å². The molecule has 3 N–H and O–H groups in total. The number of ether oxygens (including phenoxy) is 1. The minimum Gasteiger partial charge on any atom is -0.480 e. The Balaban J connectivity index is 0. The van der Waals surface area contributed by atoms with Crippen LogP contribution >= 0.6 is 0 Å². The molecule has 0 spiro atoms. The Bertz CT molecular complexity index is 323. The zero-order valence-electron chi connectivity index (χ0n) is 10.4. The minimum atomic E-state index is -1.75. The first kappa shape index (κ1) is 20.6. The van der Waals surface area contributed by atoms with E-state index >= 15 is 0 Å². The van der Waals surface area contributed by atoms with Gasteiger partial charge in [-0.25, -0.2) is 4.79 Å². The molecule has 8 nitrogen and oxygen atoms in total. The molecule has 0 fully saturated rings. The number of hydrogen-bond acceptors (Lipinski definition) is 7. The van der Waals surface area contributed by atoms with Gasteiger partial charge in [0.15, 0.2) is 6.29 Å². The Kier molecular flexibility index (Phi) is 11.6. The number of carboxylic acids is 1. The van der Waals surface area contributed by atoms with E-state index in [-0.39, 0.29) is 71.5 Å². The fourth-order valence-corrected chi connectivity index (χ4v) is 1.21. The molecule has 0 atom stereocenters. The van der Waals surface area contributed by atoms with Crippen LogP contribution in [0.25, 0.3) is 0 Å². The van der Waals surface area contributed by atoms with Crippen molar-refractivity contribution in [1.82, 2.24) is 4.90 Å². The number of aliphatic hydroxyl groups is 2. The predicted molar refractivity (Wildman–Crippen MR) is 62.2 cm³/mol. The van der Waals surface area contributed by atoms with Crippen LogP contribution in [0.4, 0.5) is 0 Å². The van der Waals surface area contributed by atoms with Gasteiger partial charge in [-0.05, 0) is 0 Å².